The van der Waals surface area contributed by atoms with Crippen molar-refractivity contribution in [2.45, 2.75) is 0 Å². The van der Waals surface area contributed by atoms with E-state index in [1.165, 1.54) is 40.0 Å². The number of para-hydroxylation sites is 1. The molecule has 4 heterocycles. The number of hydrogen-bond acceptors (Lipinski definition) is 9. The largest absolute Gasteiger partial charge is 1.00 e. The molecule has 3 N–H and O–H groups in total. The van der Waals surface area contributed by atoms with E-state index in [4.69, 9.17) is 5.11 Å². The fourth-order valence-electron chi connectivity index (χ4n) is 3.17. The van der Waals surface area contributed by atoms with Gasteiger partial charge in [0.2, 0.25) is 0 Å². The summed E-state index contributed by atoms with van der Waals surface area (Å²) < 4.78 is 5.76. The van der Waals surface area contributed by atoms with Crippen molar-refractivity contribution < 1.29 is 44.6 Å². The fourth-order valence-corrected chi connectivity index (χ4v) is 3.17. The van der Waals surface area contributed by atoms with Crippen LogP contribution in [0.3, 0.4) is 0 Å². The molecule has 1 aromatic carbocycles. The number of hydrogen-bond donors (Lipinski definition) is 3. The fraction of sp³-hybridized carbons (Fsp3) is 0.190. The number of imidazole rings is 2. The van der Waals surface area contributed by atoms with E-state index in [1.807, 2.05) is 0 Å². The van der Waals surface area contributed by atoms with Crippen molar-refractivity contribution >= 4 is 28.3 Å². The zero-order valence-corrected chi connectivity index (χ0v) is 22.5. The maximum Gasteiger partial charge on any atom is 1.00 e. The van der Waals surface area contributed by atoms with Gasteiger partial charge in [-0.1, -0.05) is 12.1 Å². The van der Waals surface area contributed by atoms with Crippen LogP contribution in [-0.2, 0) is 28.2 Å². The SMILES string of the molecule is Cn1cnc2c1c(=O)[nH]c(=O)n2C.Cn1cnc2c1c(=O)[nH]c(=O)n2C.O=C([O-])c1ccccc1O.[Na+]. The number of carboxylic acids is 1. The molecule has 5 aromatic rings. The standard InChI is InChI=1S/2C7H8N4O2.C7H6O3.Na/c2*1-10-3-8-5-4(10)6(12)9-7(13)11(5)2;8-6-4-2-1-3-5(6)7(9)10;/h2*3H,1-2H3,(H,9,12,13);1-4,8H,(H,9,10);/q;;;+1/p-1. The summed E-state index contributed by atoms with van der Waals surface area (Å²) in [5.74, 6) is -1.62. The molecule has 188 valence electrons. The number of carboxylic acid groups (broad SMARTS) is 1. The Hall–Kier alpha value is -4.21. The molecule has 15 nitrogen and oxygen atoms in total. The summed E-state index contributed by atoms with van der Waals surface area (Å²) in [6.07, 6.45) is 3.00. The van der Waals surface area contributed by atoms with E-state index >= 15 is 0 Å². The van der Waals surface area contributed by atoms with E-state index < -0.39 is 28.5 Å². The molecule has 4 aromatic heterocycles. The zero-order valence-electron chi connectivity index (χ0n) is 20.5. The Morgan fingerprint density at radius 3 is 1.57 bits per heavy atom. The molecule has 0 aliphatic rings. The van der Waals surface area contributed by atoms with Crippen molar-refractivity contribution in [3.63, 3.8) is 0 Å². The maximum atomic E-state index is 11.3. The summed E-state index contributed by atoms with van der Waals surface area (Å²) in [5, 5.41) is 19.0. The molecule has 0 fully saturated rings. The minimum absolute atomic E-state index is 0. The molecule has 5 rings (SSSR count). The van der Waals surface area contributed by atoms with Crippen molar-refractivity contribution in [3.05, 3.63) is 84.2 Å². The van der Waals surface area contributed by atoms with Crippen molar-refractivity contribution in [1.82, 2.24) is 38.2 Å². The third kappa shape index (κ3) is 5.96. The number of carbonyl (C=O) groups is 1. The number of aromatic hydroxyl groups is 1. The molecule has 0 atom stereocenters. The van der Waals surface area contributed by atoms with Crippen LogP contribution in [0.1, 0.15) is 10.4 Å². The summed E-state index contributed by atoms with van der Waals surface area (Å²) in [6, 6.07) is 5.64. The smallest absolute Gasteiger partial charge is 0.545 e. The number of phenols is 1. The Morgan fingerprint density at radius 2 is 1.22 bits per heavy atom. The predicted octanol–water partition coefficient (Wildman–Crippen LogP) is -5.32. The number of carbonyl (C=O) groups excluding carboxylic acids is 1. The van der Waals surface area contributed by atoms with E-state index in [0.717, 1.165) is 0 Å². The van der Waals surface area contributed by atoms with E-state index in [9.17, 15) is 29.1 Å². The van der Waals surface area contributed by atoms with Crippen LogP contribution in [0.5, 0.6) is 5.75 Å². The van der Waals surface area contributed by atoms with Gasteiger partial charge in [-0.25, -0.2) is 19.6 Å². The number of aryl methyl sites for hydroxylation is 4. The van der Waals surface area contributed by atoms with Gasteiger partial charge in [0.25, 0.3) is 11.1 Å². The van der Waals surface area contributed by atoms with Gasteiger partial charge in [-0.3, -0.25) is 28.7 Å². The first-order valence-corrected chi connectivity index (χ1v) is 10.1. The molecule has 0 aliphatic heterocycles. The van der Waals surface area contributed by atoms with Gasteiger partial charge in [0.15, 0.2) is 22.3 Å². The molecule has 16 heteroatoms. The number of rotatable bonds is 1. The van der Waals surface area contributed by atoms with E-state index in [-0.39, 0.29) is 40.9 Å². The molecule has 0 radical (unpaired) electrons. The van der Waals surface area contributed by atoms with Crippen LogP contribution < -0.4 is 57.2 Å². The minimum Gasteiger partial charge on any atom is -0.545 e. The summed E-state index contributed by atoms with van der Waals surface area (Å²) in [7, 11) is 6.53. The molecule has 0 saturated carbocycles. The number of aromatic nitrogens is 8. The van der Waals surface area contributed by atoms with Crippen molar-refractivity contribution in [2.75, 3.05) is 0 Å². The summed E-state index contributed by atoms with van der Waals surface area (Å²) in [5.41, 5.74) is -0.275. The molecule has 0 spiro atoms. The molecule has 0 bridgehead atoms. The monoisotopic (exact) mass is 520 g/mol. The number of H-pyrrole nitrogens is 2. The Labute approximate surface area is 228 Å². The Bertz CT molecular complexity index is 1720. The summed E-state index contributed by atoms with van der Waals surface area (Å²) >= 11 is 0. The van der Waals surface area contributed by atoms with Gasteiger partial charge in [0.1, 0.15) is 5.75 Å². The Balaban J connectivity index is 0.000000195. The topological polar surface area (TPSA) is 206 Å². The van der Waals surface area contributed by atoms with E-state index in [1.54, 1.807) is 43.4 Å². The van der Waals surface area contributed by atoms with Gasteiger partial charge in [-0.2, -0.15) is 0 Å². The molecular weight excluding hydrogens is 499 g/mol. The van der Waals surface area contributed by atoms with E-state index in [2.05, 4.69) is 19.9 Å². The van der Waals surface area contributed by atoms with Crippen LogP contribution >= 0.6 is 0 Å². The molecule has 0 amide bonds. The summed E-state index contributed by atoms with van der Waals surface area (Å²) in [4.78, 5) is 67.3. The van der Waals surface area contributed by atoms with Gasteiger partial charge < -0.3 is 24.1 Å². The first-order chi connectivity index (χ1) is 16.9. The second-order valence-corrected chi connectivity index (χ2v) is 7.50. The van der Waals surface area contributed by atoms with Gasteiger partial charge in [-0.15, -0.1) is 0 Å². The van der Waals surface area contributed by atoms with Gasteiger partial charge in [0.05, 0.1) is 18.6 Å². The Kier molecular flexibility index (Phi) is 9.16. The first-order valence-electron chi connectivity index (χ1n) is 10.1. The average molecular weight is 520 g/mol. The molecule has 0 unspecified atom stereocenters. The van der Waals surface area contributed by atoms with Crippen LogP contribution in [0.15, 0.2) is 56.1 Å². The molecule has 37 heavy (non-hydrogen) atoms. The minimum atomic E-state index is -1.36. The molecule has 0 saturated heterocycles. The number of aromatic amines is 2. The summed E-state index contributed by atoms with van der Waals surface area (Å²) in [6.45, 7) is 0. The van der Waals surface area contributed by atoms with Crippen LogP contribution in [0.4, 0.5) is 0 Å². The van der Waals surface area contributed by atoms with Crippen LogP contribution in [0.2, 0.25) is 0 Å². The van der Waals surface area contributed by atoms with Crippen molar-refractivity contribution in [2.24, 2.45) is 28.2 Å². The molecule has 0 aliphatic carbocycles. The second-order valence-electron chi connectivity index (χ2n) is 7.50. The Morgan fingerprint density at radius 1 is 0.811 bits per heavy atom. The number of fused-ring (bicyclic) bond motifs is 2. The van der Waals surface area contributed by atoms with Crippen molar-refractivity contribution in [3.8, 4) is 5.75 Å². The number of benzene rings is 1. The molecular formula is C21H21N8NaO7. The normalized spacial score (nSPS) is 10.2. The average Bonchev–Trinajstić information content (AvgIpc) is 3.40. The maximum absolute atomic E-state index is 11.3. The van der Waals surface area contributed by atoms with Gasteiger partial charge in [-0.05, 0) is 12.1 Å². The number of aromatic carboxylic acids is 1. The van der Waals surface area contributed by atoms with Crippen LogP contribution in [0.25, 0.3) is 22.3 Å². The number of nitrogens with zero attached hydrogens (tertiary/aromatic N) is 6. The van der Waals surface area contributed by atoms with Crippen LogP contribution in [-0.4, -0.2) is 49.3 Å². The van der Waals surface area contributed by atoms with E-state index in [0.29, 0.717) is 22.3 Å². The quantitative estimate of drug-likeness (QED) is 0.180. The number of nitrogens with one attached hydrogen (secondary N) is 2. The van der Waals surface area contributed by atoms with Crippen LogP contribution in [0, 0.1) is 0 Å². The third-order valence-electron chi connectivity index (χ3n) is 5.08. The third-order valence-corrected chi connectivity index (χ3v) is 5.08. The van der Waals surface area contributed by atoms with Crippen molar-refractivity contribution in [1.29, 1.82) is 0 Å². The second kappa shape index (κ2) is 11.7. The first kappa shape index (κ1) is 29.0. The zero-order chi connectivity index (χ0) is 26.7. The predicted molar refractivity (Wildman–Crippen MR) is 126 cm³/mol. The van der Waals surface area contributed by atoms with Gasteiger partial charge >= 0.3 is 40.9 Å². The van der Waals surface area contributed by atoms with Gasteiger partial charge in [0, 0.05) is 33.8 Å².